The van der Waals surface area contributed by atoms with Gasteiger partial charge in [0.25, 0.3) is 5.91 Å². The van der Waals surface area contributed by atoms with Crippen LogP contribution in [-0.2, 0) is 6.61 Å². The number of hydrogen-bond acceptors (Lipinski definition) is 4. The predicted octanol–water partition coefficient (Wildman–Crippen LogP) is 4.37. The monoisotopic (exact) mass is 390 g/mol. The molecule has 2 fully saturated rings. The van der Waals surface area contributed by atoms with Gasteiger partial charge in [-0.25, -0.2) is 0 Å². The van der Waals surface area contributed by atoms with E-state index < -0.39 is 0 Å². The Morgan fingerprint density at radius 1 is 1.07 bits per heavy atom. The van der Waals surface area contributed by atoms with E-state index >= 15 is 0 Å². The van der Waals surface area contributed by atoms with Gasteiger partial charge in [0.1, 0.15) is 18.1 Å². The standard InChI is InChI=1S/C24H26N2O3/c1-26-18-9-10-19(26)14-17(13-18)25-24(27)23-12-11-20(29-23)15-28-22-8-4-6-16-5-2-3-7-21(16)22/h2-8,11-12,17-19H,9-10,13-15H2,1H3,(H,25,27). The van der Waals surface area contributed by atoms with Gasteiger partial charge < -0.3 is 19.4 Å². The lowest BCUT2D eigenvalue weighted by atomic mass is 9.98. The molecule has 5 heteroatoms. The molecular formula is C24H26N2O3. The summed E-state index contributed by atoms with van der Waals surface area (Å²) < 4.78 is 11.7. The van der Waals surface area contributed by atoms with E-state index in [4.69, 9.17) is 9.15 Å². The second kappa shape index (κ2) is 7.56. The van der Waals surface area contributed by atoms with E-state index in [0.717, 1.165) is 29.4 Å². The van der Waals surface area contributed by atoms with Gasteiger partial charge in [-0.1, -0.05) is 36.4 Å². The normalized spacial score (nSPS) is 24.0. The van der Waals surface area contributed by atoms with Gasteiger partial charge in [-0.05, 0) is 56.3 Å². The highest BCUT2D eigenvalue weighted by Gasteiger charge is 2.39. The number of furan rings is 1. The van der Waals surface area contributed by atoms with Crippen molar-refractivity contribution in [3.05, 3.63) is 66.1 Å². The van der Waals surface area contributed by atoms with Crippen LogP contribution in [0.4, 0.5) is 0 Å². The Balaban J connectivity index is 1.21. The van der Waals surface area contributed by atoms with Gasteiger partial charge in [-0.3, -0.25) is 4.79 Å². The molecule has 2 aliphatic heterocycles. The Labute approximate surface area is 170 Å². The van der Waals surface area contributed by atoms with E-state index in [0.29, 0.717) is 30.2 Å². The van der Waals surface area contributed by atoms with Gasteiger partial charge >= 0.3 is 0 Å². The van der Waals surface area contributed by atoms with E-state index in [-0.39, 0.29) is 11.9 Å². The minimum atomic E-state index is -0.129. The quantitative estimate of drug-likeness (QED) is 0.703. The summed E-state index contributed by atoms with van der Waals surface area (Å²) in [4.78, 5) is 15.1. The molecular weight excluding hydrogens is 364 g/mol. The van der Waals surface area contributed by atoms with E-state index in [2.05, 4.69) is 29.4 Å². The number of piperidine rings is 1. The lowest BCUT2D eigenvalue weighted by Gasteiger charge is -2.36. The highest BCUT2D eigenvalue weighted by molar-refractivity contribution is 5.91. The molecule has 150 valence electrons. The smallest absolute Gasteiger partial charge is 0.287 e. The lowest BCUT2D eigenvalue weighted by molar-refractivity contribution is 0.0851. The fourth-order valence-corrected chi connectivity index (χ4v) is 4.83. The molecule has 2 aliphatic rings. The second-order valence-electron chi connectivity index (χ2n) is 8.22. The number of carbonyl (C=O) groups excluding carboxylic acids is 1. The maximum Gasteiger partial charge on any atom is 0.287 e. The molecule has 2 bridgehead atoms. The van der Waals surface area contributed by atoms with Crippen LogP contribution < -0.4 is 10.1 Å². The minimum Gasteiger partial charge on any atom is -0.485 e. The molecule has 3 heterocycles. The average molecular weight is 390 g/mol. The summed E-state index contributed by atoms with van der Waals surface area (Å²) in [5.41, 5.74) is 0. The van der Waals surface area contributed by atoms with Crippen molar-refractivity contribution in [2.45, 2.75) is 50.4 Å². The Morgan fingerprint density at radius 3 is 2.66 bits per heavy atom. The zero-order valence-corrected chi connectivity index (χ0v) is 16.6. The van der Waals surface area contributed by atoms with Crippen molar-refractivity contribution in [1.82, 2.24) is 10.2 Å². The Hall–Kier alpha value is -2.79. The Kier molecular flexibility index (Phi) is 4.76. The first kappa shape index (κ1) is 18.3. The minimum absolute atomic E-state index is 0.129. The summed E-state index contributed by atoms with van der Waals surface area (Å²) in [7, 11) is 2.20. The molecule has 3 aromatic rings. The predicted molar refractivity (Wildman–Crippen MR) is 112 cm³/mol. The number of nitrogens with one attached hydrogen (secondary N) is 1. The van der Waals surface area contributed by atoms with Crippen LogP contribution >= 0.6 is 0 Å². The molecule has 2 saturated heterocycles. The topological polar surface area (TPSA) is 54.7 Å². The van der Waals surface area contributed by atoms with Crippen LogP contribution in [0.3, 0.4) is 0 Å². The van der Waals surface area contributed by atoms with E-state index in [1.807, 2.05) is 36.4 Å². The Morgan fingerprint density at radius 2 is 1.83 bits per heavy atom. The summed E-state index contributed by atoms with van der Waals surface area (Å²) in [5.74, 6) is 1.68. The highest BCUT2D eigenvalue weighted by Crippen LogP contribution is 2.34. The van der Waals surface area contributed by atoms with E-state index in [1.54, 1.807) is 6.07 Å². The van der Waals surface area contributed by atoms with Crippen LogP contribution in [0.15, 0.2) is 59.0 Å². The molecule has 0 saturated carbocycles. The highest BCUT2D eigenvalue weighted by atomic mass is 16.5. The number of amides is 1. The van der Waals surface area contributed by atoms with E-state index in [1.165, 1.54) is 12.8 Å². The molecule has 0 aliphatic carbocycles. The van der Waals surface area contributed by atoms with Crippen molar-refractivity contribution in [2.75, 3.05) is 7.05 Å². The molecule has 1 aromatic heterocycles. The third-order valence-corrected chi connectivity index (χ3v) is 6.44. The molecule has 1 N–H and O–H groups in total. The first-order valence-electron chi connectivity index (χ1n) is 10.4. The number of carbonyl (C=O) groups is 1. The molecule has 5 rings (SSSR count). The molecule has 5 nitrogen and oxygen atoms in total. The van der Waals surface area contributed by atoms with Crippen molar-refractivity contribution in [3.63, 3.8) is 0 Å². The number of ether oxygens (including phenoxy) is 1. The van der Waals surface area contributed by atoms with Crippen LogP contribution in [0.2, 0.25) is 0 Å². The van der Waals surface area contributed by atoms with Gasteiger partial charge in [0.15, 0.2) is 5.76 Å². The Bertz CT molecular complexity index is 1010. The summed E-state index contributed by atoms with van der Waals surface area (Å²) in [6, 6.07) is 19.1. The van der Waals surface area contributed by atoms with Crippen molar-refractivity contribution in [3.8, 4) is 5.75 Å². The van der Waals surface area contributed by atoms with E-state index in [9.17, 15) is 4.79 Å². The SMILES string of the molecule is CN1C2CCC1CC(NC(=O)c1ccc(COc3cccc4ccccc34)o1)C2. The third kappa shape index (κ3) is 3.62. The fraction of sp³-hybridized carbons (Fsp3) is 0.375. The number of rotatable bonds is 5. The average Bonchev–Trinajstić information content (AvgIpc) is 3.28. The summed E-state index contributed by atoms with van der Waals surface area (Å²) in [6.45, 7) is 0.291. The van der Waals surface area contributed by atoms with Crippen molar-refractivity contribution >= 4 is 16.7 Å². The molecule has 1 amide bonds. The maximum atomic E-state index is 12.6. The fourth-order valence-electron chi connectivity index (χ4n) is 4.83. The van der Waals surface area contributed by atoms with Crippen molar-refractivity contribution in [1.29, 1.82) is 0 Å². The first-order chi connectivity index (χ1) is 14.2. The second-order valence-corrected chi connectivity index (χ2v) is 8.22. The summed E-state index contributed by atoms with van der Waals surface area (Å²) >= 11 is 0. The molecule has 0 radical (unpaired) electrons. The van der Waals surface area contributed by atoms with Crippen LogP contribution in [0.1, 0.15) is 42.0 Å². The van der Waals surface area contributed by atoms with Gasteiger partial charge in [0.05, 0.1) is 0 Å². The van der Waals surface area contributed by atoms with Crippen LogP contribution in [-0.4, -0.2) is 36.0 Å². The molecule has 0 spiro atoms. The zero-order chi connectivity index (χ0) is 19.8. The third-order valence-electron chi connectivity index (χ3n) is 6.44. The maximum absolute atomic E-state index is 12.6. The van der Waals surface area contributed by atoms with Crippen molar-refractivity contribution < 1.29 is 13.9 Å². The van der Waals surface area contributed by atoms with Crippen LogP contribution in [0.25, 0.3) is 10.8 Å². The molecule has 29 heavy (non-hydrogen) atoms. The van der Waals surface area contributed by atoms with Crippen LogP contribution in [0, 0.1) is 0 Å². The lowest BCUT2D eigenvalue weighted by Crippen LogP contribution is -2.48. The number of benzene rings is 2. The van der Waals surface area contributed by atoms with Crippen molar-refractivity contribution in [2.24, 2.45) is 0 Å². The zero-order valence-electron chi connectivity index (χ0n) is 16.6. The molecule has 2 aromatic carbocycles. The van der Waals surface area contributed by atoms with Gasteiger partial charge in [-0.2, -0.15) is 0 Å². The number of fused-ring (bicyclic) bond motifs is 3. The number of hydrogen-bond donors (Lipinski definition) is 1. The van der Waals surface area contributed by atoms with Gasteiger partial charge in [0, 0.05) is 23.5 Å². The molecule has 2 unspecified atom stereocenters. The number of nitrogens with zero attached hydrogens (tertiary/aromatic N) is 1. The van der Waals surface area contributed by atoms with Gasteiger partial charge in [-0.15, -0.1) is 0 Å². The van der Waals surface area contributed by atoms with Crippen LogP contribution in [0.5, 0.6) is 5.75 Å². The summed E-state index contributed by atoms with van der Waals surface area (Å²) in [5, 5.41) is 5.37. The largest absolute Gasteiger partial charge is 0.485 e. The van der Waals surface area contributed by atoms with Gasteiger partial charge in [0.2, 0.25) is 0 Å². The summed E-state index contributed by atoms with van der Waals surface area (Å²) in [6.07, 6.45) is 4.53. The first-order valence-corrected chi connectivity index (χ1v) is 10.4. The molecule has 2 atom stereocenters.